The summed E-state index contributed by atoms with van der Waals surface area (Å²) in [5.41, 5.74) is 2.16. The average Bonchev–Trinajstić information content (AvgIpc) is 3.37. The van der Waals surface area contributed by atoms with Gasteiger partial charge >= 0.3 is 5.76 Å². The minimum absolute atomic E-state index is 0.0235. The van der Waals surface area contributed by atoms with Crippen LogP contribution in [0.2, 0.25) is 0 Å². The normalized spacial score (nSPS) is 15.5. The average molecular weight is 395 g/mol. The molecule has 1 atom stereocenters. The van der Waals surface area contributed by atoms with E-state index in [4.69, 9.17) is 9.15 Å². The fourth-order valence-corrected chi connectivity index (χ4v) is 4.00. The predicted molar refractivity (Wildman–Crippen MR) is 110 cm³/mol. The molecule has 1 saturated heterocycles. The highest BCUT2D eigenvalue weighted by molar-refractivity contribution is 5.79. The summed E-state index contributed by atoms with van der Waals surface area (Å²) in [5, 5.41) is 3.00. The van der Waals surface area contributed by atoms with E-state index in [0.29, 0.717) is 17.6 Å². The zero-order valence-electron chi connectivity index (χ0n) is 16.5. The fraction of sp³-hybridized carbons (Fsp3) is 0.364. The van der Waals surface area contributed by atoms with Gasteiger partial charge in [0.2, 0.25) is 5.91 Å². The van der Waals surface area contributed by atoms with Gasteiger partial charge in [-0.2, -0.15) is 0 Å². The third kappa shape index (κ3) is 4.05. The third-order valence-corrected chi connectivity index (χ3v) is 5.45. The van der Waals surface area contributed by atoms with Crippen molar-refractivity contribution in [2.45, 2.75) is 25.4 Å². The predicted octanol–water partition coefficient (Wildman–Crippen LogP) is 2.56. The fourth-order valence-electron chi connectivity index (χ4n) is 4.00. The number of nitrogens with zero attached hydrogens (tertiary/aromatic N) is 2. The molecule has 2 aromatic carbocycles. The van der Waals surface area contributed by atoms with Gasteiger partial charge in [0.15, 0.2) is 5.58 Å². The quantitative estimate of drug-likeness (QED) is 0.665. The van der Waals surface area contributed by atoms with Crippen molar-refractivity contribution in [3.05, 3.63) is 64.6 Å². The first-order valence-electron chi connectivity index (χ1n) is 9.89. The summed E-state index contributed by atoms with van der Waals surface area (Å²) in [7, 11) is 1.66. The highest BCUT2D eigenvalue weighted by Crippen LogP contribution is 2.31. The Labute approximate surface area is 168 Å². The second-order valence-corrected chi connectivity index (χ2v) is 7.23. The van der Waals surface area contributed by atoms with Gasteiger partial charge in [0.25, 0.3) is 0 Å². The number of nitrogens with one attached hydrogen (secondary N) is 1. The highest BCUT2D eigenvalue weighted by atomic mass is 16.5. The first-order chi connectivity index (χ1) is 14.2. The second kappa shape index (κ2) is 8.53. The maximum absolute atomic E-state index is 12.6. The van der Waals surface area contributed by atoms with Crippen LogP contribution in [0.15, 0.2) is 57.7 Å². The first-order valence-corrected chi connectivity index (χ1v) is 9.89. The molecule has 1 aliphatic heterocycles. The lowest BCUT2D eigenvalue weighted by Gasteiger charge is -2.29. The topological polar surface area (TPSA) is 76.7 Å². The van der Waals surface area contributed by atoms with E-state index in [1.165, 1.54) is 4.57 Å². The molecule has 152 valence electrons. The Morgan fingerprint density at radius 2 is 1.86 bits per heavy atom. The van der Waals surface area contributed by atoms with Gasteiger partial charge in [-0.25, -0.2) is 4.79 Å². The Morgan fingerprint density at radius 3 is 2.66 bits per heavy atom. The van der Waals surface area contributed by atoms with Crippen molar-refractivity contribution in [2.75, 3.05) is 26.7 Å². The lowest BCUT2D eigenvalue weighted by atomic mass is 10.0. The summed E-state index contributed by atoms with van der Waals surface area (Å²) in [6, 6.07) is 15.0. The van der Waals surface area contributed by atoms with Crippen LogP contribution in [0.25, 0.3) is 11.1 Å². The van der Waals surface area contributed by atoms with E-state index in [1.54, 1.807) is 25.3 Å². The Morgan fingerprint density at radius 1 is 1.14 bits per heavy atom. The van der Waals surface area contributed by atoms with Crippen LogP contribution in [0.3, 0.4) is 0 Å². The Bertz CT molecular complexity index is 1050. The maximum atomic E-state index is 12.6. The van der Waals surface area contributed by atoms with Gasteiger partial charge in [-0.15, -0.1) is 0 Å². The van der Waals surface area contributed by atoms with Gasteiger partial charge in [-0.3, -0.25) is 14.3 Å². The summed E-state index contributed by atoms with van der Waals surface area (Å²) in [6.45, 7) is 2.35. The zero-order valence-corrected chi connectivity index (χ0v) is 16.5. The smallest absolute Gasteiger partial charge is 0.420 e. The van der Waals surface area contributed by atoms with E-state index in [1.807, 2.05) is 30.3 Å². The van der Waals surface area contributed by atoms with Crippen LogP contribution in [0.1, 0.15) is 24.4 Å². The number of carbonyl (C=O) groups is 1. The molecule has 0 saturated carbocycles. The van der Waals surface area contributed by atoms with Gasteiger partial charge in [-0.1, -0.05) is 30.3 Å². The van der Waals surface area contributed by atoms with Crippen LogP contribution >= 0.6 is 0 Å². The summed E-state index contributed by atoms with van der Waals surface area (Å²) < 4.78 is 12.1. The standard InChI is InChI=1S/C22H25N3O4/c1-28-19-10-4-2-8-16(19)18(24-12-6-7-13-24)14-23-21(26)15-25-17-9-3-5-11-20(17)29-22(25)27/h2-5,8-11,18H,6-7,12-15H2,1H3,(H,23,26)/t18-/m1/s1. The highest BCUT2D eigenvalue weighted by Gasteiger charge is 2.26. The molecule has 2 heterocycles. The molecule has 0 radical (unpaired) electrons. The Balaban J connectivity index is 1.50. The molecule has 0 aliphatic carbocycles. The van der Waals surface area contributed by atoms with Crippen molar-refractivity contribution >= 4 is 17.0 Å². The van der Waals surface area contributed by atoms with E-state index in [-0.39, 0.29) is 18.5 Å². The summed E-state index contributed by atoms with van der Waals surface area (Å²) in [6.07, 6.45) is 2.30. The molecule has 0 unspecified atom stereocenters. The third-order valence-electron chi connectivity index (χ3n) is 5.45. The number of rotatable bonds is 7. The van der Waals surface area contributed by atoms with E-state index < -0.39 is 5.76 Å². The van der Waals surface area contributed by atoms with E-state index in [2.05, 4.69) is 10.2 Å². The van der Waals surface area contributed by atoms with Crippen molar-refractivity contribution in [1.29, 1.82) is 0 Å². The molecule has 1 aliphatic rings. The Kier molecular flexibility index (Phi) is 5.67. The van der Waals surface area contributed by atoms with E-state index >= 15 is 0 Å². The van der Waals surface area contributed by atoms with Crippen LogP contribution in [0.5, 0.6) is 5.75 Å². The van der Waals surface area contributed by atoms with E-state index in [9.17, 15) is 9.59 Å². The minimum atomic E-state index is -0.526. The minimum Gasteiger partial charge on any atom is -0.496 e. The number of fused-ring (bicyclic) bond motifs is 1. The first kappa shape index (κ1) is 19.3. The number of hydrogen-bond donors (Lipinski definition) is 1. The van der Waals surface area contributed by atoms with E-state index in [0.717, 1.165) is 37.2 Å². The molecule has 1 aromatic heterocycles. The number of carbonyl (C=O) groups excluding carboxylic acids is 1. The summed E-state index contributed by atoms with van der Waals surface area (Å²) in [5.74, 6) is 0.0654. The number of methoxy groups -OCH3 is 1. The van der Waals surface area contributed by atoms with Crippen molar-refractivity contribution in [2.24, 2.45) is 0 Å². The van der Waals surface area contributed by atoms with Gasteiger partial charge in [-0.05, 0) is 44.1 Å². The monoisotopic (exact) mass is 395 g/mol. The number of oxazole rings is 1. The lowest BCUT2D eigenvalue weighted by molar-refractivity contribution is -0.121. The largest absolute Gasteiger partial charge is 0.496 e. The molecule has 7 heteroatoms. The number of ether oxygens (including phenoxy) is 1. The Hall–Kier alpha value is -3.06. The van der Waals surface area contributed by atoms with Gasteiger partial charge in [0.05, 0.1) is 18.7 Å². The molecule has 1 fully saturated rings. The number of benzene rings is 2. The number of amides is 1. The lowest BCUT2D eigenvalue weighted by Crippen LogP contribution is -2.39. The van der Waals surface area contributed by atoms with Crippen LogP contribution in [0.4, 0.5) is 0 Å². The molecule has 7 nitrogen and oxygen atoms in total. The molecule has 0 spiro atoms. The number of aromatic nitrogens is 1. The van der Waals surface area contributed by atoms with Crippen LogP contribution < -0.4 is 15.8 Å². The molecule has 4 rings (SSSR count). The van der Waals surface area contributed by atoms with Gasteiger partial charge in [0.1, 0.15) is 12.3 Å². The zero-order chi connectivity index (χ0) is 20.2. The molecule has 29 heavy (non-hydrogen) atoms. The van der Waals surface area contributed by atoms with Crippen molar-refractivity contribution in [3.63, 3.8) is 0 Å². The van der Waals surface area contributed by atoms with Gasteiger partial charge in [0, 0.05) is 12.1 Å². The summed E-state index contributed by atoms with van der Waals surface area (Å²) >= 11 is 0. The molecular weight excluding hydrogens is 370 g/mol. The van der Waals surface area contributed by atoms with Gasteiger partial charge < -0.3 is 14.5 Å². The van der Waals surface area contributed by atoms with Crippen LogP contribution in [-0.2, 0) is 11.3 Å². The van der Waals surface area contributed by atoms with Crippen molar-refractivity contribution < 1.29 is 13.9 Å². The molecule has 1 N–H and O–H groups in total. The second-order valence-electron chi connectivity index (χ2n) is 7.23. The number of para-hydroxylation sites is 3. The number of likely N-dealkylation sites (tertiary alicyclic amines) is 1. The van der Waals surface area contributed by atoms with Crippen molar-refractivity contribution in [3.8, 4) is 5.75 Å². The van der Waals surface area contributed by atoms with Crippen LogP contribution in [-0.4, -0.2) is 42.1 Å². The molecular formula is C22H25N3O4. The summed E-state index contributed by atoms with van der Waals surface area (Å²) in [4.78, 5) is 27.1. The molecule has 3 aromatic rings. The molecule has 0 bridgehead atoms. The number of hydrogen-bond acceptors (Lipinski definition) is 5. The van der Waals surface area contributed by atoms with Crippen LogP contribution in [0, 0.1) is 0 Å². The SMILES string of the molecule is COc1ccccc1[C@@H](CNC(=O)Cn1c(=O)oc2ccccc21)N1CCCC1. The van der Waals surface area contributed by atoms with Crippen molar-refractivity contribution in [1.82, 2.24) is 14.8 Å². The maximum Gasteiger partial charge on any atom is 0.420 e. The molecule has 1 amide bonds.